The Labute approximate surface area is 149 Å². The van der Waals surface area contributed by atoms with Crippen LogP contribution >= 0.6 is 11.6 Å². The molecule has 0 saturated carbocycles. The Morgan fingerprint density at radius 3 is 2.79 bits per heavy atom. The Hall–Kier alpha value is -1.26. The van der Waals surface area contributed by atoms with Gasteiger partial charge < -0.3 is 10.0 Å². The maximum absolute atomic E-state index is 11.6. The highest BCUT2D eigenvalue weighted by Crippen LogP contribution is 2.39. The standard InChI is InChI=1S/C19H27ClN2O2/c1-4-19(2,3)21-9-7-13-10-14(20)11-15(16(13)12-21)17-6-5-8-22(17)18(23)24/h10-11,17H,4-9,12H2,1-3H3,(H,23,24). The van der Waals surface area contributed by atoms with Crippen LogP contribution in [0.5, 0.6) is 0 Å². The first kappa shape index (κ1) is 17.6. The van der Waals surface area contributed by atoms with Gasteiger partial charge in [-0.1, -0.05) is 18.5 Å². The molecule has 3 rings (SSSR count). The molecule has 0 spiro atoms. The third kappa shape index (κ3) is 3.14. The van der Waals surface area contributed by atoms with Crippen LogP contribution in [-0.4, -0.2) is 39.6 Å². The monoisotopic (exact) mass is 350 g/mol. The normalized spacial score (nSPS) is 21.8. The second kappa shape index (κ2) is 6.57. The van der Waals surface area contributed by atoms with Crippen LogP contribution in [0, 0.1) is 0 Å². The van der Waals surface area contributed by atoms with Crippen LogP contribution in [0.4, 0.5) is 4.79 Å². The summed E-state index contributed by atoms with van der Waals surface area (Å²) in [6, 6.07) is 4.01. The summed E-state index contributed by atoms with van der Waals surface area (Å²) in [6.07, 6.45) is 3.05. The van der Waals surface area contributed by atoms with Crippen molar-refractivity contribution >= 4 is 17.7 Å². The fourth-order valence-electron chi connectivity index (χ4n) is 4.01. The first-order chi connectivity index (χ1) is 11.3. The molecule has 2 aliphatic rings. The lowest BCUT2D eigenvalue weighted by molar-refractivity contribution is 0.0987. The third-order valence-corrected chi connectivity index (χ3v) is 6.14. The van der Waals surface area contributed by atoms with Crippen LogP contribution in [0.2, 0.25) is 5.02 Å². The van der Waals surface area contributed by atoms with Crippen molar-refractivity contribution < 1.29 is 9.90 Å². The van der Waals surface area contributed by atoms with Gasteiger partial charge in [-0.3, -0.25) is 4.90 Å². The maximum atomic E-state index is 11.6. The zero-order valence-corrected chi connectivity index (χ0v) is 15.6. The lowest BCUT2D eigenvalue weighted by Crippen LogP contribution is -2.46. The number of carboxylic acid groups (broad SMARTS) is 1. The topological polar surface area (TPSA) is 43.8 Å². The Morgan fingerprint density at radius 1 is 1.38 bits per heavy atom. The molecule has 1 N–H and O–H groups in total. The molecule has 1 aromatic carbocycles. The van der Waals surface area contributed by atoms with Crippen molar-refractivity contribution in [2.75, 3.05) is 13.1 Å². The lowest BCUT2D eigenvalue weighted by Gasteiger charge is -2.42. The van der Waals surface area contributed by atoms with Gasteiger partial charge in [0.15, 0.2) is 0 Å². The first-order valence-electron chi connectivity index (χ1n) is 8.89. The van der Waals surface area contributed by atoms with Gasteiger partial charge in [0.2, 0.25) is 0 Å². The van der Waals surface area contributed by atoms with E-state index < -0.39 is 6.09 Å². The van der Waals surface area contributed by atoms with Crippen LogP contribution in [0.3, 0.4) is 0 Å². The first-order valence-corrected chi connectivity index (χ1v) is 9.27. The Bertz CT molecular complexity index is 644. The number of hydrogen-bond donors (Lipinski definition) is 1. The van der Waals surface area contributed by atoms with E-state index in [9.17, 15) is 9.90 Å². The molecule has 5 heteroatoms. The molecule has 2 aliphatic heterocycles. The van der Waals surface area contributed by atoms with E-state index in [0.717, 1.165) is 49.4 Å². The molecule has 0 aromatic heterocycles. The zero-order chi connectivity index (χ0) is 17.5. The van der Waals surface area contributed by atoms with E-state index in [2.05, 4.69) is 31.7 Å². The average molecular weight is 351 g/mol. The molecule has 1 fully saturated rings. The summed E-state index contributed by atoms with van der Waals surface area (Å²) in [5.74, 6) is 0. The molecule has 1 aromatic rings. The fraction of sp³-hybridized carbons (Fsp3) is 0.632. The highest BCUT2D eigenvalue weighted by Gasteiger charge is 2.35. The van der Waals surface area contributed by atoms with E-state index in [-0.39, 0.29) is 11.6 Å². The van der Waals surface area contributed by atoms with Crippen LogP contribution in [0.25, 0.3) is 0 Å². The molecule has 24 heavy (non-hydrogen) atoms. The fourth-order valence-corrected chi connectivity index (χ4v) is 4.26. The molecular weight excluding hydrogens is 324 g/mol. The van der Waals surface area contributed by atoms with Gasteiger partial charge in [-0.15, -0.1) is 0 Å². The highest BCUT2D eigenvalue weighted by molar-refractivity contribution is 6.30. The van der Waals surface area contributed by atoms with Gasteiger partial charge in [-0.05, 0) is 68.4 Å². The van der Waals surface area contributed by atoms with Crippen molar-refractivity contribution in [3.05, 3.63) is 33.8 Å². The third-order valence-electron chi connectivity index (χ3n) is 5.92. The SMILES string of the molecule is CCC(C)(C)N1CCc2cc(Cl)cc(C3CCCN3C(=O)O)c2C1. The summed E-state index contributed by atoms with van der Waals surface area (Å²) in [6.45, 7) is 9.32. The van der Waals surface area contributed by atoms with E-state index in [4.69, 9.17) is 11.6 Å². The van der Waals surface area contributed by atoms with Gasteiger partial charge in [0.05, 0.1) is 6.04 Å². The number of nitrogens with zero attached hydrogens (tertiary/aromatic N) is 2. The van der Waals surface area contributed by atoms with Crippen LogP contribution < -0.4 is 0 Å². The summed E-state index contributed by atoms with van der Waals surface area (Å²) in [7, 11) is 0. The van der Waals surface area contributed by atoms with Crippen molar-refractivity contribution in [1.29, 1.82) is 0 Å². The van der Waals surface area contributed by atoms with E-state index in [1.165, 1.54) is 11.1 Å². The van der Waals surface area contributed by atoms with E-state index in [0.29, 0.717) is 6.54 Å². The number of halogens is 1. The largest absolute Gasteiger partial charge is 0.465 e. The summed E-state index contributed by atoms with van der Waals surface area (Å²) >= 11 is 6.36. The molecular formula is C19H27ClN2O2. The van der Waals surface area contributed by atoms with Crippen LogP contribution in [0.1, 0.15) is 62.8 Å². The van der Waals surface area contributed by atoms with Gasteiger partial charge in [0.1, 0.15) is 0 Å². The summed E-state index contributed by atoms with van der Waals surface area (Å²) in [4.78, 5) is 15.7. The average Bonchev–Trinajstić information content (AvgIpc) is 3.03. The van der Waals surface area contributed by atoms with Gasteiger partial charge in [-0.25, -0.2) is 4.79 Å². The quantitative estimate of drug-likeness (QED) is 0.859. The summed E-state index contributed by atoms with van der Waals surface area (Å²) in [5, 5.41) is 10.2. The smallest absolute Gasteiger partial charge is 0.407 e. The Kier molecular flexibility index (Phi) is 4.80. The Balaban J connectivity index is 2.00. The molecule has 2 heterocycles. The maximum Gasteiger partial charge on any atom is 0.407 e. The van der Waals surface area contributed by atoms with Crippen LogP contribution in [0.15, 0.2) is 12.1 Å². The molecule has 1 atom stereocenters. The van der Waals surface area contributed by atoms with Gasteiger partial charge in [-0.2, -0.15) is 0 Å². The molecule has 0 aliphatic carbocycles. The summed E-state index contributed by atoms with van der Waals surface area (Å²) < 4.78 is 0. The molecule has 0 radical (unpaired) electrons. The van der Waals surface area contributed by atoms with Gasteiger partial charge in [0.25, 0.3) is 0 Å². The minimum absolute atomic E-state index is 0.0559. The second-order valence-electron chi connectivity index (χ2n) is 7.60. The predicted molar refractivity (Wildman–Crippen MR) is 96.6 cm³/mol. The van der Waals surface area contributed by atoms with E-state index >= 15 is 0 Å². The van der Waals surface area contributed by atoms with Crippen molar-refractivity contribution in [2.24, 2.45) is 0 Å². The summed E-state index contributed by atoms with van der Waals surface area (Å²) in [5.41, 5.74) is 3.86. The second-order valence-corrected chi connectivity index (χ2v) is 8.04. The number of carbonyl (C=O) groups is 1. The lowest BCUT2D eigenvalue weighted by atomic mass is 9.87. The number of rotatable bonds is 3. The van der Waals surface area contributed by atoms with Crippen molar-refractivity contribution in [3.63, 3.8) is 0 Å². The molecule has 1 saturated heterocycles. The zero-order valence-electron chi connectivity index (χ0n) is 14.8. The number of hydrogen-bond acceptors (Lipinski definition) is 2. The van der Waals surface area contributed by atoms with E-state index in [1.807, 2.05) is 6.07 Å². The molecule has 4 nitrogen and oxygen atoms in total. The predicted octanol–water partition coefficient (Wildman–Crippen LogP) is 4.70. The van der Waals surface area contributed by atoms with Gasteiger partial charge in [0, 0.05) is 30.2 Å². The number of benzene rings is 1. The van der Waals surface area contributed by atoms with Crippen molar-refractivity contribution in [2.45, 2.75) is 64.6 Å². The molecule has 0 bridgehead atoms. The molecule has 132 valence electrons. The molecule has 1 unspecified atom stereocenters. The minimum atomic E-state index is -0.826. The number of amides is 1. The number of likely N-dealkylation sites (tertiary alicyclic amines) is 1. The van der Waals surface area contributed by atoms with E-state index in [1.54, 1.807) is 4.90 Å². The van der Waals surface area contributed by atoms with Crippen molar-refractivity contribution in [3.8, 4) is 0 Å². The van der Waals surface area contributed by atoms with Crippen molar-refractivity contribution in [1.82, 2.24) is 9.80 Å². The highest BCUT2D eigenvalue weighted by atomic mass is 35.5. The van der Waals surface area contributed by atoms with Gasteiger partial charge >= 0.3 is 6.09 Å². The minimum Gasteiger partial charge on any atom is -0.465 e. The Morgan fingerprint density at radius 2 is 2.12 bits per heavy atom. The number of fused-ring (bicyclic) bond motifs is 1. The molecule has 1 amide bonds. The van der Waals surface area contributed by atoms with Crippen LogP contribution in [-0.2, 0) is 13.0 Å².